The van der Waals surface area contributed by atoms with E-state index in [4.69, 9.17) is 4.42 Å². The lowest BCUT2D eigenvalue weighted by atomic mass is 10.2. The maximum absolute atomic E-state index is 13.0. The van der Waals surface area contributed by atoms with Crippen molar-refractivity contribution in [3.05, 3.63) is 77.1 Å². The summed E-state index contributed by atoms with van der Waals surface area (Å²) in [7, 11) is 0. The Labute approximate surface area is 170 Å². The molecular weight excluding hydrogens is 391 g/mol. The molecular formula is C21H17FN4O2S. The third-order valence-electron chi connectivity index (χ3n) is 4.21. The predicted octanol–water partition coefficient (Wildman–Crippen LogP) is 4.25. The first-order valence-electron chi connectivity index (χ1n) is 8.99. The van der Waals surface area contributed by atoms with E-state index in [0.717, 1.165) is 21.8 Å². The minimum atomic E-state index is -0.307. The first kappa shape index (κ1) is 18.9. The molecule has 29 heavy (non-hydrogen) atoms. The van der Waals surface area contributed by atoms with Gasteiger partial charge in [-0.05, 0) is 36.4 Å². The van der Waals surface area contributed by atoms with Gasteiger partial charge in [0.15, 0.2) is 11.7 Å². The van der Waals surface area contributed by atoms with Gasteiger partial charge in [-0.25, -0.2) is 14.4 Å². The largest absolute Gasteiger partial charge is 0.441 e. The van der Waals surface area contributed by atoms with Crippen LogP contribution in [0.2, 0.25) is 0 Å². The molecule has 1 amide bonds. The number of aromatic nitrogens is 3. The Morgan fingerprint density at radius 1 is 1.10 bits per heavy atom. The highest BCUT2D eigenvalue weighted by molar-refractivity contribution is 7.09. The molecule has 8 heteroatoms. The molecule has 1 N–H and O–H groups in total. The Balaban J connectivity index is 1.27. The van der Waals surface area contributed by atoms with Crippen LogP contribution in [0.4, 0.5) is 4.39 Å². The minimum absolute atomic E-state index is 0.104. The third-order valence-corrected chi connectivity index (χ3v) is 5.06. The third kappa shape index (κ3) is 4.91. The molecule has 0 aliphatic heterocycles. The summed E-state index contributed by atoms with van der Waals surface area (Å²) in [6.07, 6.45) is 5.66. The molecule has 4 rings (SSSR count). The van der Waals surface area contributed by atoms with Crippen LogP contribution in [0.15, 0.2) is 64.8 Å². The Morgan fingerprint density at radius 2 is 1.90 bits per heavy atom. The fourth-order valence-corrected chi connectivity index (χ4v) is 3.45. The van der Waals surface area contributed by atoms with E-state index in [1.807, 2.05) is 17.5 Å². The van der Waals surface area contributed by atoms with E-state index >= 15 is 0 Å². The van der Waals surface area contributed by atoms with Gasteiger partial charge in [0.2, 0.25) is 5.91 Å². The van der Waals surface area contributed by atoms with Crippen LogP contribution < -0.4 is 5.32 Å². The smallest absolute Gasteiger partial charge is 0.220 e. The van der Waals surface area contributed by atoms with Crippen LogP contribution in [-0.2, 0) is 17.8 Å². The second-order valence-electron chi connectivity index (χ2n) is 6.26. The molecule has 6 nitrogen and oxygen atoms in total. The van der Waals surface area contributed by atoms with E-state index in [2.05, 4.69) is 20.3 Å². The highest BCUT2D eigenvalue weighted by atomic mass is 32.1. The minimum Gasteiger partial charge on any atom is -0.441 e. The highest BCUT2D eigenvalue weighted by Crippen LogP contribution is 2.22. The second kappa shape index (κ2) is 8.74. The Hall–Kier alpha value is -3.39. The summed E-state index contributed by atoms with van der Waals surface area (Å²) in [4.78, 5) is 24.8. The average Bonchev–Trinajstić information content (AvgIpc) is 3.42. The summed E-state index contributed by atoms with van der Waals surface area (Å²) in [5.74, 6) is 0.603. The van der Waals surface area contributed by atoms with E-state index in [0.29, 0.717) is 24.6 Å². The van der Waals surface area contributed by atoms with Gasteiger partial charge in [-0.15, -0.1) is 11.3 Å². The topological polar surface area (TPSA) is 80.9 Å². The SMILES string of the molecule is O=C(CCc1ncc(-c2ccc(F)cc2)o1)NCc1nc(-c2ccncc2)cs1. The number of aryl methyl sites for hydroxylation is 1. The Bertz CT molecular complexity index is 1090. The first-order chi connectivity index (χ1) is 14.2. The normalized spacial score (nSPS) is 10.8. The van der Waals surface area contributed by atoms with E-state index in [1.165, 1.54) is 23.5 Å². The monoisotopic (exact) mass is 408 g/mol. The zero-order valence-electron chi connectivity index (χ0n) is 15.3. The lowest BCUT2D eigenvalue weighted by molar-refractivity contribution is -0.121. The van der Waals surface area contributed by atoms with Gasteiger partial charge in [-0.2, -0.15) is 0 Å². The van der Waals surface area contributed by atoms with Crippen molar-refractivity contribution >= 4 is 17.2 Å². The molecule has 146 valence electrons. The molecule has 0 aliphatic carbocycles. The number of pyridine rings is 1. The number of halogens is 1. The summed E-state index contributed by atoms with van der Waals surface area (Å²) < 4.78 is 18.6. The van der Waals surface area contributed by atoms with Gasteiger partial charge in [0.1, 0.15) is 10.8 Å². The number of hydrogen-bond acceptors (Lipinski definition) is 6. The van der Waals surface area contributed by atoms with Crippen molar-refractivity contribution in [1.82, 2.24) is 20.3 Å². The van der Waals surface area contributed by atoms with Gasteiger partial charge in [-0.3, -0.25) is 9.78 Å². The van der Waals surface area contributed by atoms with Crippen molar-refractivity contribution in [2.24, 2.45) is 0 Å². The molecule has 0 atom stereocenters. The van der Waals surface area contributed by atoms with Crippen molar-refractivity contribution in [3.63, 3.8) is 0 Å². The molecule has 3 heterocycles. The summed E-state index contributed by atoms with van der Waals surface area (Å²) in [6.45, 7) is 0.376. The van der Waals surface area contributed by atoms with Crippen molar-refractivity contribution in [2.75, 3.05) is 0 Å². The van der Waals surface area contributed by atoms with E-state index in [1.54, 1.807) is 30.7 Å². The van der Waals surface area contributed by atoms with Gasteiger partial charge in [-0.1, -0.05) is 0 Å². The lowest BCUT2D eigenvalue weighted by Crippen LogP contribution is -2.22. The number of carbonyl (C=O) groups is 1. The number of nitrogens with zero attached hydrogens (tertiary/aromatic N) is 3. The maximum atomic E-state index is 13.0. The number of amides is 1. The van der Waals surface area contributed by atoms with Gasteiger partial charge in [0.05, 0.1) is 18.4 Å². The standard InChI is InChI=1S/C21H17FN4O2S/c22-16-3-1-15(2-4-16)18-11-25-20(28-18)6-5-19(27)24-12-21-26-17(13-29-21)14-7-9-23-10-8-14/h1-4,7-11,13H,5-6,12H2,(H,24,27). The highest BCUT2D eigenvalue weighted by Gasteiger charge is 2.10. The number of benzene rings is 1. The van der Waals surface area contributed by atoms with Crippen LogP contribution in [-0.4, -0.2) is 20.9 Å². The second-order valence-corrected chi connectivity index (χ2v) is 7.21. The summed E-state index contributed by atoms with van der Waals surface area (Å²) in [5, 5.41) is 5.66. The molecule has 1 aromatic carbocycles. The van der Waals surface area contributed by atoms with Crippen LogP contribution in [0.1, 0.15) is 17.3 Å². The molecule has 0 fully saturated rings. The number of oxazole rings is 1. The van der Waals surface area contributed by atoms with Crippen LogP contribution in [0.3, 0.4) is 0 Å². The Morgan fingerprint density at radius 3 is 2.69 bits per heavy atom. The number of hydrogen-bond donors (Lipinski definition) is 1. The van der Waals surface area contributed by atoms with E-state index in [-0.39, 0.29) is 18.1 Å². The van der Waals surface area contributed by atoms with Crippen LogP contribution in [0, 0.1) is 5.82 Å². The van der Waals surface area contributed by atoms with Gasteiger partial charge in [0.25, 0.3) is 0 Å². The van der Waals surface area contributed by atoms with Crippen molar-refractivity contribution in [1.29, 1.82) is 0 Å². The van der Waals surface area contributed by atoms with Gasteiger partial charge < -0.3 is 9.73 Å². The molecule has 0 radical (unpaired) electrons. The van der Waals surface area contributed by atoms with Crippen molar-refractivity contribution in [3.8, 4) is 22.6 Å². The number of thiazole rings is 1. The van der Waals surface area contributed by atoms with Crippen molar-refractivity contribution < 1.29 is 13.6 Å². The summed E-state index contributed by atoms with van der Waals surface area (Å²) in [5.41, 5.74) is 2.60. The molecule has 3 aromatic heterocycles. The van der Waals surface area contributed by atoms with E-state index in [9.17, 15) is 9.18 Å². The lowest BCUT2D eigenvalue weighted by Gasteiger charge is -2.02. The predicted molar refractivity (Wildman–Crippen MR) is 107 cm³/mol. The summed E-state index contributed by atoms with van der Waals surface area (Å²) in [6, 6.07) is 9.77. The molecule has 0 saturated carbocycles. The van der Waals surface area contributed by atoms with Crippen LogP contribution in [0.25, 0.3) is 22.6 Å². The zero-order chi connectivity index (χ0) is 20.1. The molecule has 0 spiro atoms. The molecule has 0 unspecified atom stereocenters. The van der Waals surface area contributed by atoms with Crippen LogP contribution >= 0.6 is 11.3 Å². The number of nitrogens with one attached hydrogen (secondary N) is 1. The zero-order valence-corrected chi connectivity index (χ0v) is 16.2. The summed E-state index contributed by atoms with van der Waals surface area (Å²) >= 11 is 1.50. The van der Waals surface area contributed by atoms with Crippen LogP contribution in [0.5, 0.6) is 0 Å². The molecule has 0 bridgehead atoms. The molecule has 0 saturated heterocycles. The Kier molecular flexibility index (Phi) is 5.71. The quantitative estimate of drug-likeness (QED) is 0.494. The van der Waals surface area contributed by atoms with E-state index < -0.39 is 0 Å². The fraction of sp³-hybridized carbons (Fsp3) is 0.143. The average molecular weight is 408 g/mol. The van der Waals surface area contributed by atoms with Gasteiger partial charge in [0, 0.05) is 41.7 Å². The first-order valence-corrected chi connectivity index (χ1v) is 9.87. The number of rotatable bonds is 7. The van der Waals surface area contributed by atoms with Gasteiger partial charge >= 0.3 is 0 Å². The molecule has 0 aliphatic rings. The number of carbonyl (C=O) groups excluding carboxylic acids is 1. The van der Waals surface area contributed by atoms with Crippen molar-refractivity contribution in [2.45, 2.75) is 19.4 Å². The fourth-order valence-electron chi connectivity index (χ4n) is 2.70. The maximum Gasteiger partial charge on any atom is 0.220 e. The molecule has 4 aromatic rings.